The molecule has 2 N–H and O–H groups in total. The number of rotatable bonds is 1. The highest BCUT2D eigenvalue weighted by molar-refractivity contribution is 6.43. The molecule has 0 aliphatic carbocycles. The summed E-state index contributed by atoms with van der Waals surface area (Å²) in [7, 11) is 0. The van der Waals surface area contributed by atoms with Crippen molar-refractivity contribution in [3.63, 3.8) is 0 Å². The van der Waals surface area contributed by atoms with Gasteiger partial charge in [0.2, 0.25) is 0 Å². The fourth-order valence-corrected chi connectivity index (χ4v) is 2.25. The van der Waals surface area contributed by atoms with Crippen molar-refractivity contribution in [3.05, 3.63) is 63.6 Å². The predicted molar refractivity (Wildman–Crippen MR) is 79.8 cm³/mol. The molecule has 3 nitrogen and oxygen atoms in total. The molecular formula is C14H9Cl2N3. The van der Waals surface area contributed by atoms with Crippen LogP contribution in [0, 0.1) is 0 Å². The summed E-state index contributed by atoms with van der Waals surface area (Å²) in [6, 6.07) is 13.0. The lowest BCUT2D eigenvalue weighted by atomic mass is 10.1. The van der Waals surface area contributed by atoms with Gasteiger partial charge in [-0.15, -0.1) is 0 Å². The lowest BCUT2D eigenvalue weighted by Crippen LogP contribution is -2.09. The Morgan fingerprint density at radius 2 is 1.68 bits per heavy atom. The summed E-state index contributed by atoms with van der Waals surface area (Å²) in [5.74, 6) is 1.02. The number of nitrogens with two attached hydrogens (primary N) is 1. The maximum absolute atomic E-state index is 6.12. The standard InChI is InChI=1S/C14H9Cl2N3/c15-10-6-3-7-11(12(10)16)18-14-9-5-2-1-4-8(9)13(17)19-14/h1-7H,(H2,17,18,19). The van der Waals surface area contributed by atoms with Crippen molar-refractivity contribution in [2.45, 2.75) is 0 Å². The largest absolute Gasteiger partial charge is 0.383 e. The van der Waals surface area contributed by atoms with Crippen LogP contribution in [-0.2, 0) is 0 Å². The van der Waals surface area contributed by atoms with Crippen LogP contribution in [0.2, 0.25) is 10.0 Å². The zero-order chi connectivity index (χ0) is 13.4. The van der Waals surface area contributed by atoms with E-state index in [2.05, 4.69) is 9.98 Å². The minimum absolute atomic E-state index is 0.412. The highest BCUT2D eigenvalue weighted by Gasteiger charge is 2.19. The zero-order valence-electron chi connectivity index (χ0n) is 9.77. The van der Waals surface area contributed by atoms with Gasteiger partial charge in [0, 0.05) is 11.1 Å². The van der Waals surface area contributed by atoms with Gasteiger partial charge >= 0.3 is 0 Å². The Labute approximate surface area is 120 Å². The van der Waals surface area contributed by atoms with Gasteiger partial charge in [-0.1, -0.05) is 53.5 Å². The minimum atomic E-state index is 0.412. The van der Waals surface area contributed by atoms with E-state index in [0.29, 0.717) is 27.4 Å². The number of halogens is 2. The number of aliphatic imine (C=N–C) groups is 2. The molecule has 0 spiro atoms. The second-order valence-corrected chi connectivity index (χ2v) is 4.84. The summed E-state index contributed by atoms with van der Waals surface area (Å²) in [4.78, 5) is 8.71. The molecular weight excluding hydrogens is 281 g/mol. The summed E-state index contributed by atoms with van der Waals surface area (Å²) in [5.41, 5.74) is 8.24. The summed E-state index contributed by atoms with van der Waals surface area (Å²) in [6.07, 6.45) is 0. The van der Waals surface area contributed by atoms with Crippen LogP contribution in [-0.4, -0.2) is 11.7 Å². The highest BCUT2D eigenvalue weighted by atomic mass is 35.5. The molecule has 0 radical (unpaired) electrons. The fourth-order valence-electron chi connectivity index (χ4n) is 1.91. The van der Waals surface area contributed by atoms with Crippen LogP contribution in [0.5, 0.6) is 0 Å². The number of hydrogen-bond donors (Lipinski definition) is 1. The molecule has 0 saturated heterocycles. The maximum Gasteiger partial charge on any atom is 0.162 e. The first kappa shape index (κ1) is 12.2. The fraction of sp³-hybridized carbons (Fsp3) is 0. The molecule has 19 heavy (non-hydrogen) atoms. The highest BCUT2D eigenvalue weighted by Crippen LogP contribution is 2.33. The second-order valence-electron chi connectivity index (χ2n) is 4.05. The third-order valence-corrected chi connectivity index (χ3v) is 3.64. The van der Waals surface area contributed by atoms with Gasteiger partial charge in [-0.25, -0.2) is 9.98 Å². The van der Waals surface area contributed by atoms with E-state index >= 15 is 0 Å². The molecule has 5 heteroatoms. The Bertz CT molecular complexity index is 720. The van der Waals surface area contributed by atoms with Gasteiger partial charge in [0.25, 0.3) is 0 Å². The van der Waals surface area contributed by atoms with E-state index in [0.717, 1.165) is 11.1 Å². The van der Waals surface area contributed by atoms with Crippen molar-refractivity contribution >= 4 is 40.6 Å². The van der Waals surface area contributed by atoms with Crippen molar-refractivity contribution in [2.75, 3.05) is 0 Å². The number of nitrogens with zero attached hydrogens (tertiary/aromatic N) is 2. The monoisotopic (exact) mass is 289 g/mol. The molecule has 3 rings (SSSR count). The van der Waals surface area contributed by atoms with E-state index in [1.165, 1.54) is 0 Å². The number of benzene rings is 2. The molecule has 1 heterocycles. The number of hydrogen-bond acceptors (Lipinski definition) is 2. The van der Waals surface area contributed by atoms with Gasteiger partial charge in [0.05, 0.1) is 15.7 Å². The Morgan fingerprint density at radius 3 is 2.47 bits per heavy atom. The van der Waals surface area contributed by atoms with Crippen molar-refractivity contribution in [1.82, 2.24) is 0 Å². The van der Waals surface area contributed by atoms with E-state index < -0.39 is 0 Å². The van der Waals surface area contributed by atoms with Crippen LogP contribution in [0.3, 0.4) is 0 Å². The minimum Gasteiger partial charge on any atom is -0.383 e. The molecule has 0 atom stereocenters. The first-order chi connectivity index (χ1) is 9.16. The average molecular weight is 290 g/mol. The number of fused-ring (bicyclic) bond motifs is 1. The Morgan fingerprint density at radius 1 is 0.947 bits per heavy atom. The molecule has 1 aliphatic heterocycles. The smallest absolute Gasteiger partial charge is 0.162 e. The SMILES string of the molecule is NC1=NC(=Nc2cccc(Cl)c2Cl)c2ccccc21. The first-order valence-electron chi connectivity index (χ1n) is 5.63. The quantitative estimate of drug-likeness (QED) is 0.853. The molecule has 1 aliphatic rings. The van der Waals surface area contributed by atoms with Gasteiger partial charge < -0.3 is 5.73 Å². The van der Waals surface area contributed by atoms with E-state index in [9.17, 15) is 0 Å². The Kier molecular flexibility index (Phi) is 3.01. The zero-order valence-corrected chi connectivity index (χ0v) is 11.3. The van der Waals surface area contributed by atoms with Crippen LogP contribution in [0.4, 0.5) is 5.69 Å². The number of amidine groups is 2. The lowest BCUT2D eigenvalue weighted by Gasteiger charge is -2.02. The average Bonchev–Trinajstić information content (AvgIpc) is 2.73. The molecule has 2 aromatic rings. The van der Waals surface area contributed by atoms with Crippen LogP contribution in [0.15, 0.2) is 52.4 Å². The normalized spacial score (nSPS) is 15.5. The Balaban J connectivity index is 2.14. The van der Waals surface area contributed by atoms with Gasteiger partial charge in [0.15, 0.2) is 5.84 Å². The molecule has 0 aromatic heterocycles. The van der Waals surface area contributed by atoms with Crippen molar-refractivity contribution in [2.24, 2.45) is 15.7 Å². The van der Waals surface area contributed by atoms with Gasteiger partial charge in [-0.2, -0.15) is 0 Å². The van der Waals surface area contributed by atoms with Gasteiger partial charge in [-0.05, 0) is 12.1 Å². The van der Waals surface area contributed by atoms with Crippen LogP contribution in [0.25, 0.3) is 0 Å². The summed E-state index contributed by atoms with van der Waals surface area (Å²) >= 11 is 12.1. The molecule has 0 saturated carbocycles. The second kappa shape index (κ2) is 4.68. The van der Waals surface area contributed by atoms with Crippen molar-refractivity contribution in [3.8, 4) is 0 Å². The van der Waals surface area contributed by atoms with Crippen LogP contribution < -0.4 is 5.73 Å². The van der Waals surface area contributed by atoms with Crippen LogP contribution >= 0.6 is 23.2 Å². The van der Waals surface area contributed by atoms with E-state index in [4.69, 9.17) is 28.9 Å². The molecule has 2 aromatic carbocycles. The molecule has 0 unspecified atom stereocenters. The summed E-state index contributed by atoms with van der Waals surface area (Å²) in [5, 5.41) is 0.876. The molecule has 94 valence electrons. The predicted octanol–water partition coefficient (Wildman–Crippen LogP) is 3.79. The summed E-state index contributed by atoms with van der Waals surface area (Å²) in [6.45, 7) is 0. The first-order valence-corrected chi connectivity index (χ1v) is 6.39. The van der Waals surface area contributed by atoms with Gasteiger partial charge in [-0.3, -0.25) is 0 Å². The third-order valence-electron chi connectivity index (χ3n) is 2.83. The van der Waals surface area contributed by atoms with E-state index in [1.54, 1.807) is 18.2 Å². The molecule has 0 fully saturated rings. The van der Waals surface area contributed by atoms with E-state index in [-0.39, 0.29) is 0 Å². The maximum atomic E-state index is 6.12. The van der Waals surface area contributed by atoms with Gasteiger partial charge in [0.1, 0.15) is 5.84 Å². The van der Waals surface area contributed by atoms with Crippen molar-refractivity contribution in [1.29, 1.82) is 0 Å². The Hall–Kier alpha value is -1.84. The topological polar surface area (TPSA) is 50.7 Å². The summed E-state index contributed by atoms with van der Waals surface area (Å²) < 4.78 is 0. The molecule has 0 bridgehead atoms. The van der Waals surface area contributed by atoms with E-state index in [1.807, 2.05) is 24.3 Å². The van der Waals surface area contributed by atoms with Crippen molar-refractivity contribution < 1.29 is 0 Å². The molecule has 0 amide bonds. The third kappa shape index (κ3) is 2.11. The van der Waals surface area contributed by atoms with Crippen LogP contribution in [0.1, 0.15) is 11.1 Å². The lowest BCUT2D eigenvalue weighted by molar-refractivity contribution is 1.47.